The van der Waals surface area contributed by atoms with Gasteiger partial charge in [0.1, 0.15) is 0 Å². The van der Waals surface area contributed by atoms with Gasteiger partial charge in [0.05, 0.1) is 28.7 Å². The molecule has 0 aliphatic heterocycles. The highest BCUT2D eigenvalue weighted by molar-refractivity contribution is 8.00. The van der Waals surface area contributed by atoms with Crippen molar-refractivity contribution < 1.29 is 9.59 Å². The van der Waals surface area contributed by atoms with Gasteiger partial charge in [0.2, 0.25) is 5.91 Å². The van der Waals surface area contributed by atoms with Gasteiger partial charge >= 0.3 is 0 Å². The second kappa shape index (κ2) is 6.76. The summed E-state index contributed by atoms with van der Waals surface area (Å²) in [5.41, 5.74) is 8.15. The van der Waals surface area contributed by atoms with E-state index in [0.717, 1.165) is 11.0 Å². The number of anilines is 1. The SMILES string of the molecule is Cn1cnc2cc(NC(=O)c3ccccc3SCC(N)=O)ccc21. The number of imidazole rings is 1. The molecule has 0 atom stereocenters. The Labute approximate surface area is 143 Å². The molecule has 0 radical (unpaired) electrons. The molecule has 2 aromatic carbocycles. The summed E-state index contributed by atoms with van der Waals surface area (Å²) < 4.78 is 1.91. The first-order valence-corrected chi connectivity index (χ1v) is 8.26. The minimum atomic E-state index is -0.421. The molecule has 122 valence electrons. The molecular formula is C17H16N4O2S. The molecule has 1 heterocycles. The summed E-state index contributed by atoms with van der Waals surface area (Å²) in [6, 6.07) is 12.7. The normalized spacial score (nSPS) is 10.7. The van der Waals surface area contributed by atoms with Crippen LogP contribution in [0.25, 0.3) is 11.0 Å². The van der Waals surface area contributed by atoms with Gasteiger partial charge in [-0.1, -0.05) is 12.1 Å². The van der Waals surface area contributed by atoms with Crippen molar-refractivity contribution in [2.45, 2.75) is 4.90 Å². The Balaban J connectivity index is 1.82. The second-order valence-corrected chi connectivity index (χ2v) is 6.28. The molecule has 6 nitrogen and oxygen atoms in total. The fourth-order valence-corrected chi connectivity index (χ4v) is 3.13. The number of carbonyl (C=O) groups is 2. The van der Waals surface area contributed by atoms with Crippen molar-refractivity contribution >= 4 is 40.3 Å². The topological polar surface area (TPSA) is 90.0 Å². The molecule has 0 unspecified atom stereocenters. The Morgan fingerprint density at radius 3 is 2.83 bits per heavy atom. The first-order valence-electron chi connectivity index (χ1n) is 7.27. The van der Waals surface area contributed by atoms with Gasteiger partial charge in [-0.25, -0.2) is 4.98 Å². The van der Waals surface area contributed by atoms with Crippen LogP contribution in [0.1, 0.15) is 10.4 Å². The van der Waals surface area contributed by atoms with Crippen molar-refractivity contribution in [3.8, 4) is 0 Å². The molecule has 0 fully saturated rings. The summed E-state index contributed by atoms with van der Waals surface area (Å²) in [6.07, 6.45) is 1.73. The first-order chi connectivity index (χ1) is 11.5. The van der Waals surface area contributed by atoms with Crippen molar-refractivity contribution in [3.05, 3.63) is 54.4 Å². The standard InChI is InChI=1S/C17H16N4O2S/c1-21-10-19-13-8-11(6-7-14(13)21)20-17(23)12-4-2-3-5-15(12)24-9-16(18)22/h2-8,10H,9H2,1H3,(H2,18,22)(H,20,23). The van der Waals surface area contributed by atoms with Crippen molar-refractivity contribution in [2.75, 3.05) is 11.1 Å². The van der Waals surface area contributed by atoms with Gasteiger partial charge < -0.3 is 15.6 Å². The number of amides is 2. The van der Waals surface area contributed by atoms with Gasteiger partial charge in [0, 0.05) is 17.6 Å². The molecule has 24 heavy (non-hydrogen) atoms. The monoisotopic (exact) mass is 340 g/mol. The van der Waals surface area contributed by atoms with Crippen LogP contribution in [0, 0.1) is 0 Å². The van der Waals surface area contributed by atoms with Crippen LogP contribution in [0.5, 0.6) is 0 Å². The predicted molar refractivity (Wildman–Crippen MR) is 95.0 cm³/mol. The van der Waals surface area contributed by atoms with Gasteiger partial charge in [-0.3, -0.25) is 9.59 Å². The fourth-order valence-electron chi connectivity index (χ4n) is 2.34. The van der Waals surface area contributed by atoms with E-state index in [4.69, 9.17) is 5.73 Å². The number of hydrogen-bond acceptors (Lipinski definition) is 4. The van der Waals surface area contributed by atoms with E-state index in [-0.39, 0.29) is 11.7 Å². The summed E-state index contributed by atoms with van der Waals surface area (Å²) in [7, 11) is 1.92. The number of carbonyl (C=O) groups excluding carboxylic acids is 2. The maximum absolute atomic E-state index is 12.6. The highest BCUT2D eigenvalue weighted by atomic mass is 32.2. The molecule has 0 aliphatic carbocycles. The van der Waals surface area contributed by atoms with E-state index in [0.29, 0.717) is 16.1 Å². The second-order valence-electron chi connectivity index (χ2n) is 5.26. The summed E-state index contributed by atoms with van der Waals surface area (Å²) in [5.74, 6) is -0.529. The van der Waals surface area contributed by atoms with E-state index in [1.807, 2.05) is 35.9 Å². The third-order valence-electron chi connectivity index (χ3n) is 3.48. The van der Waals surface area contributed by atoms with Crippen molar-refractivity contribution in [1.29, 1.82) is 0 Å². The van der Waals surface area contributed by atoms with Gasteiger partial charge in [-0.2, -0.15) is 0 Å². The van der Waals surface area contributed by atoms with Crippen LogP contribution in [-0.2, 0) is 11.8 Å². The van der Waals surface area contributed by atoms with Crippen LogP contribution < -0.4 is 11.1 Å². The highest BCUT2D eigenvalue weighted by Gasteiger charge is 2.13. The number of nitrogens with zero attached hydrogens (tertiary/aromatic N) is 2. The average molecular weight is 340 g/mol. The lowest BCUT2D eigenvalue weighted by molar-refractivity contribution is -0.115. The maximum atomic E-state index is 12.6. The van der Waals surface area contributed by atoms with Crippen LogP contribution in [0.3, 0.4) is 0 Å². The zero-order chi connectivity index (χ0) is 17.1. The third kappa shape index (κ3) is 3.41. The molecule has 3 rings (SSSR count). The molecule has 0 saturated carbocycles. The Morgan fingerprint density at radius 1 is 1.25 bits per heavy atom. The quantitative estimate of drug-likeness (QED) is 0.698. The minimum Gasteiger partial charge on any atom is -0.369 e. The zero-order valence-electron chi connectivity index (χ0n) is 13.0. The van der Waals surface area contributed by atoms with E-state index >= 15 is 0 Å². The average Bonchev–Trinajstić information content (AvgIpc) is 2.94. The van der Waals surface area contributed by atoms with E-state index in [9.17, 15) is 9.59 Å². The lowest BCUT2D eigenvalue weighted by Crippen LogP contribution is -2.15. The van der Waals surface area contributed by atoms with E-state index in [2.05, 4.69) is 10.3 Å². The predicted octanol–water partition coefficient (Wildman–Crippen LogP) is 2.40. The van der Waals surface area contributed by atoms with E-state index in [1.165, 1.54) is 11.8 Å². The number of thioether (sulfide) groups is 1. The minimum absolute atomic E-state index is 0.129. The van der Waals surface area contributed by atoms with Gasteiger partial charge in [0.15, 0.2) is 0 Å². The number of fused-ring (bicyclic) bond motifs is 1. The Bertz CT molecular complexity index is 920. The Morgan fingerprint density at radius 2 is 2.04 bits per heavy atom. The number of primary amides is 1. The summed E-state index contributed by atoms with van der Waals surface area (Å²) in [6.45, 7) is 0. The lowest BCUT2D eigenvalue weighted by atomic mass is 10.2. The molecular weight excluding hydrogens is 324 g/mol. The van der Waals surface area contributed by atoms with Crippen molar-refractivity contribution in [1.82, 2.24) is 9.55 Å². The van der Waals surface area contributed by atoms with Crippen LogP contribution in [0.15, 0.2) is 53.7 Å². The Kier molecular flexibility index (Phi) is 4.52. The molecule has 2 amide bonds. The van der Waals surface area contributed by atoms with Crippen LogP contribution in [0.4, 0.5) is 5.69 Å². The molecule has 0 spiro atoms. The molecule has 0 bridgehead atoms. The molecule has 1 aromatic heterocycles. The van der Waals surface area contributed by atoms with Crippen LogP contribution in [0.2, 0.25) is 0 Å². The van der Waals surface area contributed by atoms with Crippen molar-refractivity contribution in [3.63, 3.8) is 0 Å². The largest absolute Gasteiger partial charge is 0.369 e. The van der Waals surface area contributed by atoms with Gasteiger partial charge in [-0.15, -0.1) is 11.8 Å². The van der Waals surface area contributed by atoms with E-state index in [1.54, 1.807) is 24.5 Å². The van der Waals surface area contributed by atoms with Crippen LogP contribution >= 0.6 is 11.8 Å². The summed E-state index contributed by atoms with van der Waals surface area (Å²) >= 11 is 1.25. The number of benzene rings is 2. The summed E-state index contributed by atoms with van der Waals surface area (Å²) in [5, 5.41) is 2.87. The zero-order valence-corrected chi connectivity index (χ0v) is 13.8. The van der Waals surface area contributed by atoms with Gasteiger partial charge in [-0.05, 0) is 30.3 Å². The molecule has 7 heteroatoms. The number of hydrogen-bond donors (Lipinski definition) is 2. The highest BCUT2D eigenvalue weighted by Crippen LogP contribution is 2.24. The fraction of sp³-hybridized carbons (Fsp3) is 0.118. The van der Waals surface area contributed by atoms with Crippen molar-refractivity contribution in [2.24, 2.45) is 12.8 Å². The maximum Gasteiger partial charge on any atom is 0.256 e. The lowest BCUT2D eigenvalue weighted by Gasteiger charge is -2.09. The molecule has 3 N–H and O–H groups in total. The Hall–Kier alpha value is -2.80. The van der Waals surface area contributed by atoms with Crippen LogP contribution in [-0.4, -0.2) is 27.1 Å². The first kappa shape index (κ1) is 16.1. The number of rotatable bonds is 5. The number of nitrogens with two attached hydrogens (primary N) is 1. The smallest absolute Gasteiger partial charge is 0.256 e. The molecule has 3 aromatic rings. The number of nitrogens with one attached hydrogen (secondary N) is 1. The van der Waals surface area contributed by atoms with E-state index < -0.39 is 5.91 Å². The van der Waals surface area contributed by atoms with Gasteiger partial charge in [0.25, 0.3) is 5.91 Å². The summed E-state index contributed by atoms with van der Waals surface area (Å²) in [4.78, 5) is 28.5. The number of aromatic nitrogens is 2. The number of aryl methyl sites for hydroxylation is 1. The third-order valence-corrected chi connectivity index (χ3v) is 4.58. The molecule has 0 aliphatic rings. The molecule has 0 saturated heterocycles.